The van der Waals surface area contributed by atoms with Crippen LogP contribution in [0.15, 0.2) is 54.1 Å². The lowest BCUT2D eigenvalue weighted by molar-refractivity contribution is -0.128. The van der Waals surface area contributed by atoms with Crippen molar-refractivity contribution < 1.29 is 4.79 Å². The van der Waals surface area contributed by atoms with Gasteiger partial charge >= 0.3 is 5.69 Å². The Hall–Kier alpha value is -4.31. The van der Waals surface area contributed by atoms with Crippen molar-refractivity contribution in [2.24, 2.45) is 0 Å². The summed E-state index contributed by atoms with van der Waals surface area (Å²) in [5.41, 5.74) is 9.32. The minimum Gasteiger partial charge on any atom is -0.383 e. The maximum atomic E-state index is 14.0. The van der Waals surface area contributed by atoms with Gasteiger partial charge in [0.15, 0.2) is 5.65 Å². The monoisotopic (exact) mass is 572 g/mol. The zero-order valence-corrected chi connectivity index (χ0v) is 24.6. The van der Waals surface area contributed by atoms with Crippen molar-refractivity contribution in [1.82, 2.24) is 29.4 Å². The highest BCUT2D eigenvalue weighted by molar-refractivity contribution is 6.34. The van der Waals surface area contributed by atoms with Gasteiger partial charge in [0, 0.05) is 43.1 Å². The molecule has 1 aliphatic heterocycles. The fraction of sp³-hybridized carbons (Fsp3) is 0.333. The molecular formula is C30H33ClN8O2. The molecule has 2 unspecified atom stereocenters. The third kappa shape index (κ3) is 4.93. The van der Waals surface area contributed by atoms with Crippen LogP contribution in [0.3, 0.4) is 0 Å². The van der Waals surface area contributed by atoms with Crippen LogP contribution in [0.1, 0.15) is 44.9 Å². The van der Waals surface area contributed by atoms with E-state index in [1.165, 1.54) is 10.6 Å². The van der Waals surface area contributed by atoms with Crippen LogP contribution in [-0.4, -0.2) is 60.5 Å². The van der Waals surface area contributed by atoms with Gasteiger partial charge in [0.1, 0.15) is 11.6 Å². The lowest BCUT2D eigenvalue weighted by Gasteiger charge is -2.44. The van der Waals surface area contributed by atoms with E-state index in [0.29, 0.717) is 51.9 Å². The molecule has 1 amide bonds. The highest BCUT2D eigenvalue weighted by Gasteiger charge is 2.34. The first-order chi connectivity index (χ1) is 19.5. The Morgan fingerprint density at radius 1 is 1.15 bits per heavy atom. The van der Waals surface area contributed by atoms with Gasteiger partial charge in [-0.05, 0) is 62.6 Å². The van der Waals surface area contributed by atoms with E-state index in [-0.39, 0.29) is 29.7 Å². The average Bonchev–Trinajstić information content (AvgIpc) is 2.94. The van der Waals surface area contributed by atoms with Crippen molar-refractivity contribution in [3.8, 4) is 16.9 Å². The Balaban J connectivity index is 1.83. The number of halogens is 1. The van der Waals surface area contributed by atoms with Crippen molar-refractivity contribution in [2.75, 3.05) is 23.7 Å². The molecule has 0 bridgehead atoms. The molecule has 1 fully saturated rings. The Bertz CT molecular complexity index is 1730. The molecule has 1 saturated heterocycles. The maximum absolute atomic E-state index is 14.0. The van der Waals surface area contributed by atoms with E-state index in [1.54, 1.807) is 35.5 Å². The van der Waals surface area contributed by atoms with Crippen LogP contribution in [0.4, 0.5) is 11.6 Å². The van der Waals surface area contributed by atoms with E-state index in [9.17, 15) is 9.59 Å². The van der Waals surface area contributed by atoms with Gasteiger partial charge in [-0.2, -0.15) is 4.98 Å². The third-order valence-electron chi connectivity index (χ3n) is 7.54. The minimum atomic E-state index is -0.491. The number of nitrogens with zero attached hydrogens (tertiary/aromatic N) is 7. The number of anilines is 2. The van der Waals surface area contributed by atoms with Crippen molar-refractivity contribution >= 4 is 40.2 Å². The summed E-state index contributed by atoms with van der Waals surface area (Å²) in [6, 6.07) is 6.92. The van der Waals surface area contributed by atoms with Gasteiger partial charge in [0.2, 0.25) is 5.91 Å². The van der Waals surface area contributed by atoms with Gasteiger partial charge < -0.3 is 15.5 Å². The molecule has 2 atom stereocenters. The summed E-state index contributed by atoms with van der Waals surface area (Å²) in [5, 5.41) is 0.944. The van der Waals surface area contributed by atoms with Crippen molar-refractivity contribution in [2.45, 2.75) is 52.6 Å². The fourth-order valence-corrected chi connectivity index (χ4v) is 5.72. The molecule has 5 rings (SSSR count). The zero-order valence-electron chi connectivity index (χ0n) is 23.8. The number of amides is 1. The number of hydrogen-bond donors (Lipinski definition) is 1. The molecule has 1 aliphatic rings. The number of piperazine rings is 1. The summed E-state index contributed by atoms with van der Waals surface area (Å²) in [7, 11) is 0. The minimum absolute atomic E-state index is 0.0311. The molecule has 4 aromatic heterocycles. The summed E-state index contributed by atoms with van der Waals surface area (Å²) in [6.07, 6.45) is 4.66. The number of fused-ring (bicyclic) bond motifs is 1. The fourth-order valence-electron chi connectivity index (χ4n) is 5.46. The highest BCUT2D eigenvalue weighted by Crippen LogP contribution is 2.37. The van der Waals surface area contributed by atoms with Crippen LogP contribution in [0.2, 0.25) is 5.02 Å². The standard InChI is InChI=1S/C30H33ClN8O2/c1-7-23(40)37-14-19(6)38(15-18(37)5)28-21-13-22(31)25(20-9-8-11-34-27(20)32)35-29(21)39(30(41)36-28)26-17(4)10-12-33-24(26)16(2)3/h7-13,16,18-19H,1,14-15H2,2-6H3,(H2,32,34). The molecule has 0 aliphatic carbocycles. The Morgan fingerprint density at radius 2 is 1.90 bits per heavy atom. The van der Waals surface area contributed by atoms with E-state index >= 15 is 0 Å². The van der Waals surface area contributed by atoms with Crippen LogP contribution in [0.25, 0.3) is 28.0 Å². The number of aryl methyl sites for hydroxylation is 1. The van der Waals surface area contributed by atoms with Crippen molar-refractivity contribution in [3.63, 3.8) is 0 Å². The number of pyridine rings is 3. The normalized spacial score (nSPS) is 17.3. The first-order valence-corrected chi connectivity index (χ1v) is 13.9. The van der Waals surface area contributed by atoms with Crippen LogP contribution in [0.5, 0.6) is 0 Å². The van der Waals surface area contributed by atoms with E-state index in [0.717, 1.165) is 11.3 Å². The predicted molar refractivity (Wildman–Crippen MR) is 163 cm³/mol. The van der Waals surface area contributed by atoms with Gasteiger partial charge in [-0.1, -0.05) is 32.0 Å². The number of hydrogen-bond acceptors (Lipinski definition) is 8. The predicted octanol–water partition coefficient (Wildman–Crippen LogP) is 4.52. The van der Waals surface area contributed by atoms with E-state index in [4.69, 9.17) is 22.3 Å². The second-order valence-corrected chi connectivity index (χ2v) is 11.1. The van der Waals surface area contributed by atoms with Crippen LogP contribution in [-0.2, 0) is 4.79 Å². The molecule has 10 nitrogen and oxygen atoms in total. The molecule has 11 heteroatoms. The molecule has 212 valence electrons. The molecule has 5 heterocycles. The second kappa shape index (κ2) is 10.9. The summed E-state index contributed by atoms with van der Waals surface area (Å²) in [5.74, 6) is 0.631. The number of aromatic nitrogens is 5. The van der Waals surface area contributed by atoms with Crippen molar-refractivity contribution in [3.05, 3.63) is 76.1 Å². The second-order valence-electron chi connectivity index (χ2n) is 10.7. The van der Waals surface area contributed by atoms with Crippen LogP contribution >= 0.6 is 11.6 Å². The highest BCUT2D eigenvalue weighted by atomic mass is 35.5. The van der Waals surface area contributed by atoms with Gasteiger partial charge in [0.05, 0.1) is 27.5 Å². The number of carbonyl (C=O) groups is 1. The molecule has 4 aromatic rings. The van der Waals surface area contributed by atoms with Crippen LogP contribution in [0, 0.1) is 6.92 Å². The zero-order chi connectivity index (χ0) is 29.6. The van der Waals surface area contributed by atoms with Gasteiger partial charge in [-0.25, -0.2) is 19.3 Å². The van der Waals surface area contributed by atoms with Crippen LogP contribution < -0.4 is 16.3 Å². The van der Waals surface area contributed by atoms with Gasteiger partial charge in [-0.15, -0.1) is 0 Å². The summed E-state index contributed by atoms with van der Waals surface area (Å²) in [4.78, 5) is 48.8. The topological polar surface area (TPSA) is 123 Å². The number of rotatable bonds is 5. The SMILES string of the molecule is C=CC(=O)N1CC(C)N(c2nc(=O)n(-c3c(C)ccnc3C(C)C)c3nc(-c4cccnc4N)c(Cl)cc23)CC1C. The number of carbonyl (C=O) groups excluding carboxylic acids is 1. The van der Waals surface area contributed by atoms with Gasteiger partial charge in [0.25, 0.3) is 0 Å². The lowest BCUT2D eigenvalue weighted by Crippen LogP contribution is -2.58. The first kappa shape index (κ1) is 28.2. The van der Waals surface area contributed by atoms with Gasteiger partial charge in [-0.3, -0.25) is 9.78 Å². The number of nitrogen functional groups attached to an aromatic ring is 1. The molecule has 0 saturated carbocycles. The van der Waals surface area contributed by atoms with E-state index < -0.39 is 5.69 Å². The maximum Gasteiger partial charge on any atom is 0.355 e. The molecule has 41 heavy (non-hydrogen) atoms. The largest absolute Gasteiger partial charge is 0.383 e. The first-order valence-electron chi connectivity index (χ1n) is 13.5. The van der Waals surface area contributed by atoms with E-state index in [2.05, 4.69) is 21.5 Å². The Morgan fingerprint density at radius 3 is 2.59 bits per heavy atom. The average molecular weight is 573 g/mol. The summed E-state index contributed by atoms with van der Waals surface area (Å²) >= 11 is 6.86. The Labute approximate surface area is 243 Å². The summed E-state index contributed by atoms with van der Waals surface area (Å²) in [6.45, 7) is 14.5. The molecule has 0 aromatic carbocycles. The smallest absolute Gasteiger partial charge is 0.355 e. The molecular weight excluding hydrogens is 540 g/mol. The quantitative estimate of drug-likeness (QED) is 0.346. The summed E-state index contributed by atoms with van der Waals surface area (Å²) < 4.78 is 1.52. The lowest BCUT2D eigenvalue weighted by atomic mass is 10.0. The third-order valence-corrected chi connectivity index (χ3v) is 7.82. The number of nitrogens with two attached hydrogens (primary N) is 1. The molecule has 2 N–H and O–H groups in total. The van der Waals surface area contributed by atoms with Crippen molar-refractivity contribution in [1.29, 1.82) is 0 Å². The Kier molecular flexibility index (Phi) is 7.52. The molecule has 0 spiro atoms. The van der Waals surface area contributed by atoms with E-state index in [1.807, 2.05) is 45.6 Å². The molecule has 0 radical (unpaired) electrons.